The van der Waals surface area contributed by atoms with Crippen LogP contribution in [0.1, 0.15) is 5.56 Å². The Kier molecular flexibility index (Phi) is 3.60. The molecule has 0 amide bonds. The summed E-state index contributed by atoms with van der Waals surface area (Å²) in [5.74, 6) is 0.857. The van der Waals surface area contributed by atoms with Gasteiger partial charge in [-0.05, 0) is 52.3 Å². The molecule has 3 aromatic rings. The number of ether oxygens (including phenoxy) is 1. The quantitative estimate of drug-likeness (QED) is 0.623. The van der Waals surface area contributed by atoms with E-state index in [0.717, 1.165) is 27.5 Å². The molecule has 22 heavy (non-hydrogen) atoms. The van der Waals surface area contributed by atoms with Gasteiger partial charge >= 0.3 is 6.18 Å². The van der Waals surface area contributed by atoms with Crippen LogP contribution in [-0.4, -0.2) is 9.78 Å². The van der Waals surface area contributed by atoms with Crippen molar-refractivity contribution >= 4 is 26.8 Å². The lowest BCUT2D eigenvalue weighted by atomic mass is 10.2. The first kappa shape index (κ1) is 14.9. The Hall–Kier alpha value is -2.02. The fraction of sp³-hybridized carbons (Fsp3) is 0.133. The van der Waals surface area contributed by atoms with Gasteiger partial charge in [0.1, 0.15) is 17.0 Å². The summed E-state index contributed by atoms with van der Waals surface area (Å²) in [5.41, 5.74) is 0.0889. The SMILES string of the molecule is Cn1cc2cc(Oc3ccc(C(F)(F)F)cc3)cc(Br)c2n1. The van der Waals surface area contributed by atoms with Crippen LogP contribution in [0.2, 0.25) is 0 Å². The summed E-state index contributed by atoms with van der Waals surface area (Å²) in [7, 11) is 1.81. The number of nitrogens with zero attached hydrogens (tertiary/aromatic N) is 2. The van der Waals surface area contributed by atoms with E-state index >= 15 is 0 Å². The monoisotopic (exact) mass is 370 g/mol. The average molecular weight is 371 g/mol. The zero-order chi connectivity index (χ0) is 15.9. The van der Waals surface area contributed by atoms with Crippen molar-refractivity contribution in [2.45, 2.75) is 6.18 Å². The summed E-state index contributed by atoms with van der Waals surface area (Å²) < 4.78 is 45.6. The molecule has 0 fully saturated rings. The molecule has 0 N–H and O–H groups in total. The van der Waals surface area contributed by atoms with Gasteiger partial charge in [0.2, 0.25) is 0 Å². The van der Waals surface area contributed by atoms with Crippen LogP contribution in [0.3, 0.4) is 0 Å². The lowest BCUT2D eigenvalue weighted by Gasteiger charge is -2.09. The van der Waals surface area contributed by atoms with E-state index in [1.54, 1.807) is 16.8 Å². The highest BCUT2D eigenvalue weighted by atomic mass is 79.9. The lowest BCUT2D eigenvalue weighted by molar-refractivity contribution is -0.137. The maximum absolute atomic E-state index is 12.5. The summed E-state index contributed by atoms with van der Waals surface area (Å²) in [6.07, 6.45) is -2.52. The Morgan fingerprint density at radius 1 is 1.09 bits per heavy atom. The van der Waals surface area contributed by atoms with E-state index in [-0.39, 0.29) is 0 Å². The van der Waals surface area contributed by atoms with Gasteiger partial charge in [0, 0.05) is 23.1 Å². The highest BCUT2D eigenvalue weighted by Gasteiger charge is 2.30. The molecule has 0 saturated carbocycles. The van der Waals surface area contributed by atoms with Crippen LogP contribution in [0.4, 0.5) is 13.2 Å². The summed E-state index contributed by atoms with van der Waals surface area (Å²) in [6.45, 7) is 0. The molecule has 2 aromatic carbocycles. The summed E-state index contributed by atoms with van der Waals surface area (Å²) in [5, 5.41) is 5.16. The number of hydrogen-bond acceptors (Lipinski definition) is 2. The number of aryl methyl sites for hydroxylation is 1. The van der Waals surface area contributed by atoms with Crippen molar-refractivity contribution in [2.24, 2.45) is 7.05 Å². The first-order chi connectivity index (χ1) is 10.3. The van der Waals surface area contributed by atoms with Crippen molar-refractivity contribution < 1.29 is 17.9 Å². The van der Waals surface area contributed by atoms with Crippen LogP contribution in [0, 0.1) is 0 Å². The third-order valence-corrected chi connectivity index (χ3v) is 3.67. The first-order valence-electron chi connectivity index (χ1n) is 6.31. The molecule has 0 unspecified atom stereocenters. The van der Waals surface area contributed by atoms with E-state index in [1.807, 2.05) is 13.2 Å². The number of rotatable bonds is 2. The van der Waals surface area contributed by atoms with Crippen LogP contribution >= 0.6 is 15.9 Å². The lowest BCUT2D eigenvalue weighted by Crippen LogP contribution is -2.03. The largest absolute Gasteiger partial charge is 0.457 e. The third kappa shape index (κ3) is 2.94. The average Bonchev–Trinajstić information content (AvgIpc) is 2.79. The summed E-state index contributed by atoms with van der Waals surface area (Å²) in [4.78, 5) is 0. The van der Waals surface area contributed by atoms with Crippen LogP contribution in [0.15, 0.2) is 47.1 Å². The predicted octanol–water partition coefficient (Wildman–Crippen LogP) is 5.15. The molecule has 0 aliphatic rings. The smallest absolute Gasteiger partial charge is 0.416 e. The second-order valence-corrected chi connectivity index (χ2v) is 5.62. The van der Waals surface area contributed by atoms with Gasteiger partial charge in [-0.1, -0.05) is 0 Å². The minimum absolute atomic E-state index is 0.336. The summed E-state index contributed by atoms with van der Waals surface area (Å²) >= 11 is 3.41. The van der Waals surface area contributed by atoms with E-state index in [4.69, 9.17) is 4.74 Å². The highest BCUT2D eigenvalue weighted by Crippen LogP contribution is 2.33. The Balaban J connectivity index is 1.89. The molecule has 0 bridgehead atoms. The molecule has 0 saturated heterocycles. The van der Waals surface area contributed by atoms with Gasteiger partial charge in [-0.3, -0.25) is 4.68 Å². The number of hydrogen-bond donors (Lipinski definition) is 0. The van der Waals surface area contributed by atoms with Gasteiger partial charge in [0.25, 0.3) is 0 Å². The zero-order valence-electron chi connectivity index (χ0n) is 11.4. The van der Waals surface area contributed by atoms with Crippen molar-refractivity contribution in [3.63, 3.8) is 0 Å². The fourth-order valence-corrected chi connectivity index (χ4v) is 2.63. The normalized spacial score (nSPS) is 11.9. The van der Waals surface area contributed by atoms with E-state index in [0.29, 0.717) is 11.5 Å². The molecule has 0 aliphatic carbocycles. The maximum Gasteiger partial charge on any atom is 0.416 e. The van der Waals surface area contributed by atoms with Gasteiger partial charge in [-0.15, -0.1) is 0 Å². The molecule has 0 atom stereocenters. The highest BCUT2D eigenvalue weighted by molar-refractivity contribution is 9.10. The van der Waals surface area contributed by atoms with Crippen LogP contribution in [-0.2, 0) is 13.2 Å². The second kappa shape index (κ2) is 5.31. The van der Waals surface area contributed by atoms with Crippen molar-refractivity contribution in [3.8, 4) is 11.5 Å². The molecule has 114 valence electrons. The predicted molar refractivity (Wildman–Crippen MR) is 79.9 cm³/mol. The Labute approximate surface area is 132 Å². The van der Waals surface area contributed by atoms with Crippen molar-refractivity contribution in [2.75, 3.05) is 0 Å². The summed E-state index contributed by atoms with van der Waals surface area (Å²) in [6, 6.07) is 8.09. The Morgan fingerprint density at radius 3 is 2.41 bits per heavy atom. The second-order valence-electron chi connectivity index (χ2n) is 4.77. The number of alkyl halides is 3. The standard InChI is InChI=1S/C15H10BrF3N2O/c1-21-8-9-6-12(7-13(16)14(9)20-21)22-11-4-2-10(3-5-11)15(17,18)19/h2-8H,1H3. The maximum atomic E-state index is 12.5. The fourth-order valence-electron chi connectivity index (χ4n) is 2.09. The van der Waals surface area contributed by atoms with Crippen molar-refractivity contribution in [1.82, 2.24) is 9.78 Å². The van der Waals surface area contributed by atoms with Gasteiger partial charge < -0.3 is 4.74 Å². The van der Waals surface area contributed by atoms with Crippen molar-refractivity contribution in [1.29, 1.82) is 0 Å². The van der Waals surface area contributed by atoms with Gasteiger partial charge in [-0.25, -0.2) is 0 Å². The molecular formula is C15H10BrF3N2O. The van der Waals surface area contributed by atoms with Gasteiger partial charge in [-0.2, -0.15) is 18.3 Å². The molecule has 0 spiro atoms. The van der Waals surface area contributed by atoms with Gasteiger partial charge in [0.15, 0.2) is 0 Å². The van der Waals surface area contributed by atoms with E-state index in [9.17, 15) is 13.2 Å². The van der Waals surface area contributed by atoms with Crippen molar-refractivity contribution in [3.05, 3.63) is 52.6 Å². The molecule has 0 radical (unpaired) electrons. The van der Waals surface area contributed by atoms with Crippen LogP contribution in [0.25, 0.3) is 10.9 Å². The molecule has 3 rings (SSSR count). The first-order valence-corrected chi connectivity index (χ1v) is 7.10. The number of aromatic nitrogens is 2. The Bertz CT molecular complexity index is 825. The molecule has 1 heterocycles. The topological polar surface area (TPSA) is 27.1 Å². The number of halogens is 4. The molecule has 0 aliphatic heterocycles. The molecule has 7 heteroatoms. The van der Waals surface area contributed by atoms with E-state index in [2.05, 4.69) is 21.0 Å². The Morgan fingerprint density at radius 2 is 1.77 bits per heavy atom. The number of fused-ring (bicyclic) bond motifs is 1. The van der Waals surface area contributed by atoms with Gasteiger partial charge in [0.05, 0.1) is 5.56 Å². The minimum atomic E-state index is -4.35. The van der Waals surface area contributed by atoms with E-state index < -0.39 is 11.7 Å². The van der Waals surface area contributed by atoms with E-state index in [1.165, 1.54) is 12.1 Å². The minimum Gasteiger partial charge on any atom is -0.457 e. The zero-order valence-corrected chi connectivity index (χ0v) is 12.9. The number of benzene rings is 2. The van der Waals surface area contributed by atoms with Crippen LogP contribution in [0.5, 0.6) is 11.5 Å². The molecule has 3 nitrogen and oxygen atoms in total. The molecular weight excluding hydrogens is 361 g/mol. The third-order valence-electron chi connectivity index (χ3n) is 3.07. The molecule has 1 aromatic heterocycles. The van der Waals surface area contributed by atoms with Crippen LogP contribution < -0.4 is 4.74 Å².